The maximum absolute atomic E-state index is 12.7. The number of ether oxygens (including phenoxy) is 2. The first kappa shape index (κ1) is 66.4. The van der Waals surface area contributed by atoms with E-state index in [4.69, 9.17) is 18.5 Å². The van der Waals surface area contributed by atoms with Crippen LogP contribution in [0.3, 0.4) is 0 Å². The maximum atomic E-state index is 12.7. The maximum Gasteiger partial charge on any atom is 0.306 e. The van der Waals surface area contributed by atoms with Gasteiger partial charge < -0.3 is 27.9 Å². The molecule has 2 unspecified atom stereocenters. The number of rotatable bonds is 48. The van der Waals surface area contributed by atoms with Crippen LogP contribution in [-0.2, 0) is 32.7 Å². The minimum atomic E-state index is -4.64. The van der Waals surface area contributed by atoms with Crippen LogP contribution in [0.5, 0.6) is 0 Å². The Morgan fingerprint density at radius 3 is 1.21 bits per heavy atom. The van der Waals surface area contributed by atoms with Crippen molar-refractivity contribution in [3.63, 3.8) is 0 Å². The highest BCUT2D eigenvalue weighted by Crippen LogP contribution is 2.38. The molecule has 0 aromatic rings. The molecule has 0 radical (unpaired) electrons. The molecule has 0 rings (SSSR count). The first-order valence-corrected chi connectivity index (χ1v) is 28.7. The summed E-state index contributed by atoms with van der Waals surface area (Å²) in [4.78, 5) is 37.6. The molecule has 0 aliphatic carbocycles. The first-order chi connectivity index (χ1) is 34.0. The number of nitrogens with zero attached hydrogens (tertiary/aromatic N) is 1. The largest absolute Gasteiger partial charge is 0.756 e. The zero-order valence-electron chi connectivity index (χ0n) is 44.9. The van der Waals surface area contributed by atoms with Gasteiger partial charge in [0, 0.05) is 12.8 Å². The van der Waals surface area contributed by atoms with E-state index in [-0.39, 0.29) is 26.1 Å². The summed E-state index contributed by atoms with van der Waals surface area (Å²) in [6, 6.07) is 0. The van der Waals surface area contributed by atoms with Gasteiger partial charge in [0.15, 0.2) is 6.10 Å². The number of unbranched alkanes of at least 4 members (excludes halogenated alkanes) is 14. The van der Waals surface area contributed by atoms with Gasteiger partial charge in [0.2, 0.25) is 0 Å². The van der Waals surface area contributed by atoms with Gasteiger partial charge in [-0.25, -0.2) is 0 Å². The van der Waals surface area contributed by atoms with Crippen molar-refractivity contribution in [3.05, 3.63) is 122 Å². The van der Waals surface area contributed by atoms with Crippen LogP contribution in [0.2, 0.25) is 0 Å². The molecule has 0 saturated carbocycles. The van der Waals surface area contributed by atoms with Crippen molar-refractivity contribution in [1.82, 2.24) is 0 Å². The lowest BCUT2D eigenvalue weighted by molar-refractivity contribution is -0.870. The van der Waals surface area contributed by atoms with Gasteiger partial charge in [0.1, 0.15) is 19.8 Å². The van der Waals surface area contributed by atoms with Crippen LogP contribution in [0, 0.1) is 0 Å². The predicted molar refractivity (Wildman–Crippen MR) is 295 cm³/mol. The molecule has 0 spiro atoms. The third-order valence-electron chi connectivity index (χ3n) is 11.0. The summed E-state index contributed by atoms with van der Waals surface area (Å²) in [5, 5.41) is 0. The van der Waals surface area contributed by atoms with E-state index in [1.54, 1.807) is 0 Å². The standard InChI is InChI=1S/C60H100NO8P/c1-6-8-10-12-14-16-18-19-20-21-22-23-24-25-26-27-28-29-30-31-32-33-34-35-36-37-38-39-40-41-43-45-47-49-51-53-60(63)69-58(57-68-70(64,65)67-55-54-61(3,4)5)56-66-59(62)52-50-48-46-44-42-17-15-13-11-9-7-2/h8,10,14,16,19-20,22-23,25-26,28-29,31-32,34-35,37-38,40-41,58H,6-7,9,11-13,15,17-18,21,24,27,30,33,36,39,42-57H2,1-5H3/b10-8-,16-14-,20-19-,23-22-,26-25-,29-28-,32-31-,35-34-,38-37-,41-40-. The smallest absolute Gasteiger partial charge is 0.306 e. The van der Waals surface area contributed by atoms with Crippen molar-refractivity contribution in [3.8, 4) is 0 Å². The summed E-state index contributed by atoms with van der Waals surface area (Å²) in [5.74, 6) is -0.872. The molecule has 0 bridgehead atoms. The van der Waals surface area contributed by atoms with E-state index >= 15 is 0 Å². The molecule has 2 atom stereocenters. The lowest BCUT2D eigenvalue weighted by Gasteiger charge is -2.28. The summed E-state index contributed by atoms with van der Waals surface area (Å²) in [5.41, 5.74) is 0. The summed E-state index contributed by atoms with van der Waals surface area (Å²) >= 11 is 0. The highest BCUT2D eigenvalue weighted by atomic mass is 31.2. The lowest BCUT2D eigenvalue weighted by atomic mass is 10.1. The summed E-state index contributed by atoms with van der Waals surface area (Å²) in [7, 11) is 1.13. The van der Waals surface area contributed by atoms with Gasteiger partial charge in [-0.05, 0) is 89.9 Å². The molecule has 70 heavy (non-hydrogen) atoms. The number of phosphoric ester groups is 1. The van der Waals surface area contributed by atoms with Gasteiger partial charge in [-0.1, -0.05) is 212 Å². The summed E-state index contributed by atoms with van der Waals surface area (Å²) in [6.07, 6.45) is 71.1. The first-order valence-electron chi connectivity index (χ1n) is 27.2. The van der Waals surface area contributed by atoms with Crippen LogP contribution in [-0.4, -0.2) is 70.0 Å². The van der Waals surface area contributed by atoms with Crippen molar-refractivity contribution >= 4 is 19.8 Å². The normalized spacial score (nSPS) is 14.3. The molecule has 0 N–H and O–H groups in total. The van der Waals surface area contributed by atoms with Gasteiger partial charge in [0.25, 0.3) is 7.82 Å². The Bertz CT molecular complexity index is 1590. The van der Waals surface area contributed by atoms with E-state index < -0.39 is 32.5 Å². The van der Waals surface area contributed by atoms with Crippen molar-refractivity contribution in [2.45, 2.75) is 200 Å². The van der Waals surface area contributed by atoms with Gasteiger partial charge in [-0.3, -0.25) is 14.2 Å². The fraction of sp³-hybridized carbons (Fsp3) is 0.633. The Morgan fingerprint density at radius 1 is 0.457 bits per heavy atom. The molecule has 0 aromatic carbocycles. The van der Waals surface area contributed by atoms with Crippen molar-refractivity contribution in [2.75, 3.05) is 47.5 Å². The Morgan fingerprint density at radius 2 is 0.814 bits per heavy atom. The SMILES string of the molecule is CC/C=C\C/C=C\C/C=C\C/C=C\C/C=C\C/C=C\C/C=C\C/C=C\C/C=C\C/C=C\CCCCCCC(=O)OC(COC(=O)CCCCCCCCCCCCC)COP(=O)([O-])OCC[N+](C)(C)C. The van der Waals surface area contributed by atoms with Crippen molar-refractivity contribution in [1.29, 1.82) is 0 Å². The lowest BCUT2D eigenvalue weighted by Crippen LogP contribution is -2.37. The number of esters is 2. The molecular weight excluding hydrogens is 894 g/mol. The van der Waals surface area contributed by atoms with Gasteiger partial charge in [-0.15, -0.1) is 0 Å². The van der Waals surface area contributed by atoms with E-state index in [0.717, 1.165) is 109 Å². The number of allylic oxidation sites excluding steroid dienone is 20. The van der Waals surface area contributed by atoms with Crippen LogP contribution < -0.4 is 4.89 Å². The number of hydrogen-bond donors (Lipinski definition) is 0. The van der Waals surface area contributed by atoms with Crippen molar-refractivity contribution < 1.29 is 42.1 Å². The second kappa shape index (κ2) is 50.4. The van der Waals surface area contributed by atoms with Crippen LogP contribution in [0.25, 0.3) is 0 Å². The fourth-order valence-corrected chi connectivity index (χ4v) is 7.53. The monoisotopic (exact) mass is 994 g/mol. The molecule has 9 nitrogen and oxygen atoms in total. The Balaban J connectivity index is 4.22. The average Bonchev–Trinajstić information content (AvgIpc) is 3.32. The van der Waals surface area contributed by atoms with Gasteiger partial charge in [0.05, 0.1) is 27.7 Å². The Kier molecular flexibility index (Phi) is 47.8. The minimum absolute atomic E-state index is 0.0415. The number of carbonyl (C=O) groups is 2. The van der Waals surface area contributed by atoms with E-state index in [9.17, 15) is 19.0 Å². The highest BCUT2D eigenvalue weighted by Gasteiger charge is 2.21. The van der Waals surface area contributed by atoms with E-state index in [1.165, 1.54) is 51.4 Å². The number of hydrogen-bond acceptors (Lipinski definition) is 8. The molecule has 0 amide bonds. The van der Waals surface area contributed by atoms with Crippen molar-refractivity contribution in [2.24, 2.45) is 0 Å². The fourth-order valence-electron chi connectivity index (χ4n) is 6.80. The second-order valence-corrected chi connectivity index (χ2v) is 20.3. The number of phosphoric acid groups is 1. The number of likely N-dealkylation sites (N-methyl/N-ethyl adjacent to an activating group) is 1. The zero-order valence-corrected chi connectivity index (χ0v) is 45.8. The summed E-state index contributed by atoms with van der Waals surface area (Å²) in [6.45, 7) is 4.06. The molecule has 0 aromatic heterocycles. The summed E-state index contributed by atoms with van der Waals surface area (Å²) < 4.78 is 34.0. The average molecular weight is 994 g/mol. The van der Waals surface area contributed by atoms with Crippen LogP contribution in [0.15, 0.2) is 122 Å². The molecule has 0 heterocycles. The molecule has 0 fully saturated rings. The molecule has 398 valence electrons. The predicted octanol–water partition coefficient (Wildman–Crippen LogP) is 16.2. The van der Waals surface area contributed by atoms with E-state index in [1.807, 2.05) is 21.1 Å². The molecule has 0 aliphatic heterocycles. The third kappa shape index (κ3) is 53.8. The Hall–Kier alpha value is -3.59. The molecular formula is C60H100NO8P. The van der Waals surface area contributed by atoms with Crippen LogP contribution >= 0.6 is 7.82 Å². The molecule has 10 heteroatoms. The van der Waals surface area contributed by atoms with Gasteiger partial charge >= 0.3 is 11.9 Å². The van der Waals surface area contributed by atoms with E-state index in [2.05, 4.69) is 135 Å². The van der Waals surface area contributed by atoms with Gasteiger partial charge in [-0.2, -0.15) is 0 Å². The molecule has 0 saturated heterocycles. The highest BCUT2D eigenvalue weighted by molar-refractivity contribution is 7.45. The third-order valence-corrected chi connectivity index (χ3v) is 12.0. The Labute approximate surface area is 428 Å². The van der Waals surface area contributed by atoms with Crippen LogP contribution in [0.1, 0.15) is 194 Å². The number of quaternary nitrogens is 1. The molecule has 0 aliphatic rings. The topological polar surface area (TPSA) is 111 Å². The minimum Gasteiger partial charge on any atom is -0.756 e. The zero-order chi connectivity index (χ0) is 51.3. The number of carbonyl (C=O) groups excluding carboxylic acids is 2. The van der Waals surface area contributed by atoms with Crippen LogP contribution in [0.4, 0.5) is 0 Å². The second-order valence-electron chi connectivity index (χ2n) is 18.9. The van der Waals surface area contributed by atoms with E-state index in [0.29, 0.717) is 17.4 Å². The quantitative estimate of drug-likeness (QED) is 0.0195.